The van der Waals surface area contributed by atoms with Crippen LogP contribution in [0.5, 0.6) is 0 Å². The van der Waals surface area contributed by atoms with Crippen molar-refractivity contribution in [2.24, 2.45) is 0 Å². The van der Waals surface area contributed by atoms with Crippen molar-refractivity contribution in [1.82, 2.24) is 4.90 Å². The van der Waals surface area contributed by atoms with Crippen molar-refractivity contribution in [3.05, 3.63) is 29.8 Å². The molecule has 1 aromatic rings. The minimum atomic E-state index is 0.706. The third-order valence-electron chi connectivity index (χ3n) is 3.90. The summed E-state index contributed by atoms with van der Waals surface area (Å²) in [6.45, 7) is 9.35. The molecule has 0 bridgehead atoms. The summed E-state index contributed by atoms with van der Waals surface area (Å²) in [6, 6.07) is 9.00. The molecule has 1 aromatic carbocycles. The second-order valence-electron chi connectivity index (χ2n) is 5.49. The first kappa shape index (κ1) is 16.0. The van der Waals surface area contributed by atoms with E-state index in [1.807, 2.05) is 12.1 Å². The Labute approximate surface area is 119 Å². The Morgan fingerprint density at radius 3 is 2.26 bits per heavy atom. The Kier molecular flexibility index (Phi) is 7.57. The van der Waals surface area contributed by atoms with Crippen LogP contribution < -0.4 is 5.73 Å². The Balaban J connectivity index is 2.36. The molecule has 0 radical (unpaired) electrons. The molecule has 1 rings (SSSR count). The van der Waals surface area contributed by atoms with Crippen LogP contribution in [-0.2, 0) is 6.42 Å². The third kappa shape index (κ3) is 6.11. The second kappa shape index (κ2) is 8.98. The fourth-order valence-corrected chi connectivity index (χ4v) is 2.34. The van der Waals surface area contributed by atoms with Gasteiger partial charge in [0.25, 0.3) is 0 Å². The number of aryl methyl sites for hydroxylation is 1. The van der Waals surface area contributed by atoms with Crippen LogP contribution in [0.4, 0.5) is 5.69 Å². The highest BCUT2D eigenvalue weighted by molar-refractivity contribution is 5.39. The van der Waals surface area contributed by atoms with Gasteiger partial charge in [-0.3, -0.25) is 0 Å². The number of benzene rings is 1. The van der Waals surface area contributed by atoms with Gasteiger partial charge in [0.2, 0.25) is 0 Å². The molecule has 0 aliphatic heterocycles. The number of nitrogens with two attached hydrogens (primary N) is 1. The van der Waals surface area contributed by atoms with Crippen LogP contribution in [0.2, 0.25) is 0 Å². The summed E-state index contributed by atoms with van der Waals surface area (Å²) < 4.78 is 0. The predicted octanol–water partition coefficient (Wildman–Crippen LogP) is 4.10. The molecule has 0 spiro atoms. The first-order valence-electron chi connectivity index (χ1n) is 7.75. The van der Waals surface area contributed by atoms with Crippen LogP contribution in [-0.4, -0.2) is 24.0 Å². The molecule has 1 atom stereocenters. The van der Waals surface area contributed by atoms with E-state index in [1.54, 1.807) is 0 Å². The van der Waals surface area contributed by atoms with Crippen LogP contribution in [0.3, 0.4) is 0 Å². The standard InChI is InChI=1S/C17H30N2/c1-4-6-13-19(15(3)5-2)14-7-8-16-9-11-17(18)12-10-16/h9-12,15H,4-8,13-14,18H2,1-3H3. The predicted molar refractivity (Wildman–Crippen MR) is 85.4 cm³/mol. The fourth-order valence-electron chi connectivity index (χ4n) is 2.34. The van der Waals surface area contributed by atoms with E-state index in [-0.39, 0.29) is 0 Å². The summed E-state index contributed by atoms with van der Waals surface area (Å²) in [5.74, 6) is 0. The molecule has 0 fully saturated rings. The van der Waals surface area contributed by atoms with E-state index < -0.39 is 0 Å². The molecule has 0 heterocycles. The maximum atomic E-state index is 5.71. The summed E-state index contributed by atoms with van der Waals surface area (Å²) in [4.78, 5) is 2.64. The number of anilines is 1. The van der Waals surface area contributed by atoms with Crippen molar-refractivity contribution in [3.8, 4) is 0 Å². The number of unbranched alkanes of at least 4 members (excludes halogenated alkanes) is 1. The minimum absolute atomic E-state index is 0.706. The van der Waals surface area contributed by atoms with E-state index in [9.17, 15) is 0 Å². The molecule has 0 saturated heterocycles. The summed E-state index contributed by atoms with van der Waals surface area (Å²) >= 11 is 0. The van der Waals surface area contributed by atoms with E-state index >= 15 is 0 Å². The molecule has 0 amide bonds. The molecular weight excluding hydrogens is 232 g/mol. The van der Waals surface area contributed by atoms with Crippen molar-refractivity contribution in [3.63, 3.8) is 0 Å². The van der Waals surface area contributed by atoms with Gasteiger partial charge in [0.05, 0.1) is 0 Å². The Morgan fingerprint density at radius 1 is 1.05 bits per heavy atom. The lowest BCUT2D eigenvalue weighted by Gasteiger charge is -2.28. The largest absolute Gasteiger partial charge is 0.399 e. The number of hydrogen-bond donors (Lipinski definition) is 1. The summed E-state index contributed by atoms with van der Waals surface area (Å²) in [5, 5.41) is 0. The average Bonchev–Trinajstić information content (AvgIpc) is 2.43. The number of rotatable bonds is 9. The van der Waals surface area contributed by atoms with E-state index in [0.29, 0.717) is 6.04 Å². The SMILES string of the molecule is CCCCN(CCCc1ccc(N)cc1)C(C)CC. The normalized spacial score (nSPS) is 12.8. The third-order valence-corrected chi connectivity index (χ3v) is 3.90. The summed E-state index contributed by atoms with van der Waals surface area (Å²) in [5.41, 5.74) is 7.96. The van der Waals surface area contributed by atoms with Crippen molar-refractivity contribution < 1.29 is 0 Å². The van der Waals surface area contributed by atoms with Crippen LogP contribution in [0, 0.1) is 0 Å². The molecule has 2 heteroatoms. The van der Waals surface area contributed by atoms with E-state index in [1.165, 1.54) is 44.3 Å². The number of nitrogens with zero attached hydrogens (tertiary/aromatic N) is 1. The molecule has 0 aromatic heterocycles. The summed E-state index contributed by atoms with van der Waals surface area (Å²) in [7, 11) is 0. The van der Waals surface area contributed by atoms with E-state index in [2.05, 4.69) is 37.8 Å². The minimum Gasteiger partial charge on any atom is -0.399 e. The Hall–Kier alpha value is -1.02. The highest BCUT2D eigenvalue weighted by Crippen LogP contribution is 2.11. The topological polar surface area (TPSA) is 29.3 Å². The van der Waals surface area contributed by atoms with Gasteiger partial charge in [-0.15, -0.1) is 0 Å². The van der Waals surface area contributed by atoms with Crippen LogP contribution >= 0.6 is 0 Å². The van der Waals surface area contributed by atoms with Crippen LogP contribution in [0.1, 0.15) is 52.0 Å². The molecule has 1 unspecified atom stereocenters. The van der Waals surface area contributed by atoms with Crippen molar-refractivity contribution in [2.75, 3.05) is 18.8 Å². The molecular formula is C17H30N2. The number of nitrogen functional groups attached to an aromatic ring is 1. The zero-order valence-corrected chi connectivity index (χ0v) is 12.9. The van der Waals surface area contributed by atoms with Gasteiger partial charge in [-0.05, 0) is 63.4 Å². The smallest absolute Gasteiger partial charge is 0.0314 e. The van der Waals surface area contributed by atoms with Crippen molar-refractivity contribution >= 4 is 5.69 Å². The lowest BCUT2D eigenvalue weighted by molar-refractivity contribution is 0.198. The van der Waals surface area contributed by atoms with Gasteiger partial charge >= 0.3 is 0 Å². The van der Waals surface area contributed by atoms with Gasteiger partial charge < -0.3 is 10.6 Å². The number of hydrogen-bond acceptors (Lipinski definition) is 2. The molecule has 0 aliphatic carbocycles. The van der Waals surface area contributed by atoms with Crippen molar-refractivity contribution in [1.29, 1.82) is 0 Å². The quantitative estimate of drug-likeness (QED) is 0.679. The highest BCUT2D eigenvalue weighted by Gasteiger charge is 2.10. The highest BCUT2D eigenvalue weighted by atomic mass is 15.1. The second-order valence-corrected chi connectivity index (χ2v) is 5.49. The van der Waals surface area contributed by atoms with Gasteiger partial charge in [-0.25, -0.2) is 0 Å². The van der Waals surface area contributed by atoms with E-state index in [0.717, 1.165) is 12.1 Å². The zero-order chi connectivity index (χ0) is 14.1. The van der Waals surface area contributed by atoms with Crippen molar-refractivity contribution in [2.45, 2.75) is 58.9 Å². The first-order chi connectivity index (χ1) is 9.17. The monoisotopic (exact) mass is 262 g/mol. The van der Waals surface area contributed by atoms with Crippen LogP contribution in [0.15, 0.2) is 24.3 Å². The Bertz CT molecular complexity index is 332. The molecule has 0 aliphatic rings. The summed E-state index contributed by atoms with van der Waals surface area (Å²) in [6.07, 6.45) is 6.22. The first-order valence-corrected chi connectivity index (χ1v) is 7.75. The molecule has 2 nitrogen and oxygen atoms in total. The van der Waals surface area contributed by atoms with Gasteiger partial charge in [0, 0.05) is 11.7 Å². The van der Waals surface area contributed by atoms with Gasteiger partial charge in [0.1, 0.15) is 0 Å². The fraction of sp³-hybridized carbons (Fsp3) is 0.647. The average molecular weight is 262 g/mol. The van der Waals surface area contributed by atoms with E-state index in [4.69, 9.17) is 5.73 Å². The molecule has 2 N–H and O–H groups in total. The lowest BCUT2D eigenvalue weighted by atomic mass is 10.1. The van der Waals surface area contributed by atoms with Crippen LogP contribution in [0.25, 0.3) is 0 Å². The molecule has 0 saturated carbocycles. The Morgan fingerprint density at radius 2 is 1.68 bits per heavy atom. The maximum absolute atomic E-state index is 5.71. The zero-order valence-electron chi connectivity index (χ0n) is 12.9. The maximum Gasteiger partial charge on any atom is 0.0314 e. The molecule has 108 valence electrons. The van der Waals surface area contributed by atoms with Gasteiger partial charge in [-0.2, -0.15) is 0 Å². The lowest BCUT2D eigenvalue weighted by Crippen LogP contribution is -2.34. The van der Waals surface area contributed by atoms with Gasteiger partial charge in [0.15, 0.2) is 0 Å². The molecule has 19 heavy (non-hydrogen) atoms. The van der Waals surface area contributed by atoms with Gasteiger partial charge in [-0.1, -0.05) is 32.4 Å².